The Labute approximate surface area is 183 Å². The third-order valence-corrected chi connectivity index (χ3v) is 5.91. The molecule has 1 aliphatic rings. The Morgan fingerprint density at radius 1 is 1.00 bits per heavy atom. The van der Waals surface area contributed by atoms with Gasteiger partial charge >= 0.3 is 6.03 Å². The lowest BCUT2D eigenvalue weighted by atomic mass is 9.85. The summed E-state index contributed by atoms with van der Waals surface area (Å²) in [6.07, 6.45) is 1.57. The highest BCUT2D eigenvalue weighted by atomic mass is 16.5. The van der Waals surface area contributed by atoms with Crippen molar-refractivity contribution in [3.05, 3.63) is 48.0 Å². The molecule has 1 saturated heterocycles. The van der Waals surface area contributed by atoms with Crippen molar-refractivity contribution in [2.45, 2.75) is 26.7 Å². The number of hydrogen-bond acceptors (Lipinski definition) is 4. The molecule has 1 fully saturated rings. The number of urea groups is 1. The molecule has 3 rings (SSSR count). The fraction of sp³-hybridized carbons (Fsp3) is 0.417. The van der Waals surface area contributed by atoms with Gasteiger partial charge in [-0.15, -0.1) is 0 Å². The summed E-state index contributed by atoms with van der Waals surface area (Å²) in [6.45, 7) is 5.21. The Morgan fingerprint density at radius 2 is 1.68 bits per heavy atom. The first-order valence-corrected chi connectivity index (χ1v) is 10.6. The van der Waals surface area contributed by atoms with E-state index < -0.39 is 0 Å². The summed E-state index contributed by atoms with van der Waals surface area (Å²) in [5, 5.41) is 5.91. The predicted molar refractivity (Wildman–Crippen MR) is 122 cm³/mol. The highest BCUT2D eigenvalue weighted by Gasteiger charge is 2.30. The average molecular weight is 426 g/mol. The number of likely N-dealkylation sites (tertiary alicyclic amines) is 1. The molecule has 0 radical (unpaired) electrons. The number of piperidine rings is 1. The molecular weight excluding hydrogens is 394 g/mol. The van der Waals surface area contributed by atoms with Crippen molar-refractivity contribution in [2.24, 2.45) is 11.8 Å². The molecule has 0 unspecified atom stereocenters. The van der Waals surface area contributed by atoms with E-state index in [1.54, 1.807) is 32.4 Å². The fourth-order valence-corrected chi connectivity index (χ4v) is 3.81. The molecule has 0 aromatic heterocycles. The molecule has 7 nitrogen and oxygen atoms in total. The first-order valence-electron chi connectivity index (χ1n) is 10.6. The Balaban J connectivity index is 1.53. The van der Waals surface area contributed by atoms with Gasteiger partial charge in [0.05, 0.1) is 19.9 Å². The lowest BCUT2D eigenvalue weighted by molar-refractivity contribution is -0.121. The number of amides is 3. The zero-order chi connectivity index (χ0) is 22.4. The minimum Gasteiger partial charge on any atom is -0.497 e. The van der Waals surface area contributed by atoms with Crippen LogP contribution in [0.2, 0.25) is 0 Å². The summed E-state index contributed by atoms with van der Waals surface area (Å²) in [6, 6.07) is 13.0. The van der Waals surface area contributed by atoms with Crippen molar-refractivity contribution < 1.29 is 19.1 Å². The van der Waals surface area contributed by atoms with Crippen LogP contribution in [-0.2, 0) is 4.79 Å². The Hall–Kier alpha value is -3.22. The van der Waals surface area contributed by atoms with Crippen LogP contribution < -0.4 is 20.1 Å². The second-order valence-electron chi connectivity index (χ2n) is 7.96. The molecule has 3 amide bonds. The summed E-state index contributed by atoms with van der Waals surface area (Å²) in [7, 11) is 3.15. The quantitative estimate of drug-likeness (QED) is 0.713. The zero-order valence-electron chi connectivity index (χ0n) is 18.6. The van der Waals surface area contributed by atoms with Crippen molar-refractivity contribution in [3.63, 3.8) is 0 Å². The maximum atomic E-state index is 12.9. The van der Waals surface area contributed by atoms with Crippen LogP contribution in [0.25, 0.3) is 0 Å². The van der Waals surface area contributed by atoms with Gasteiger partial charge in [0.1, 0.15) is 11.5 Å². The largest absolute Gasteiger partial charge is 0.497 e. The molecule has 2 aromatic rings. The number of aryl methyl sites for hydroxylation is 1. The molecule has 7 heteroatoms. The van der Waals surface area contributed by atoms with Gasteiger partial charge in [0, 0.05) is 30.8 Å². The van der Waals surface area contributed by atoms with E-state index in [9.17, 15) is 9.59 Å². The first-order chi connectivity index (χ1) is 14.9. The Morgan fingerprint density at radius 3 is 2.29 bits per heavy atom. The van der Waals surface area contributed by atoms with Gasteiger partial charge < -0.3 is 25.0 Å². The van der Waals surface area contributed by atoms with E-state index in [1.807, 2.05) is 43.0 Å². The molecule has 166 valence electrons. The third kappa shape index (κ3) is 5.69. The molecule has 0 bridgehead atoms. The minimum atomic E-state index is -0.182. The van der Waals surface area contributed by atoms with E-state index in [0.29, 0.717) is 30.3 Å². The normalized spacial score (nSPS) is 15.2. The number of nitrogens with one attached hydrogen (secondary N) is 2. The van der Waals surface area contributed by atoms with E-state index in [4.69, 9.17) is 9.47 Å². The van der Waals surface area contributed by atoms with Gasteiger partial charge in [-0.05, 0) is 49.9 Å². The summed E-state index contributed by atoms with van der Waals surface area (Å²) >= 11 is 0. The number of ether oxygens (including phenoxy) is 2. The maximum absolute atomic E-state index is 12.9. The average Bonchev–Trinajstić information content (AvgIpc) is 2.80. The van der Waals surface area contributed by atoms with E-state index in [-0.39, 0.29) is 23.8 Å². The molecule has 0 spiro atoms. The molecule has 0 aliphatic carbocycles. The molecule has 31 heavy (non-hydrogen) atoms. The zero-order valence-corrected chi connectivity index (χ0v) is 18.6. The highest BCUT2D eigenvalue weighted by molar-refractivity contribution is 5.94. The van der Waals surface area contributed by atoms with Crippen LogP contribution in [0.4, 0.5) is 16.2 Å². The maximum Gasteiger partial charge on any atom is 0.321 e. The topological polar surface area (TPSA) is 79.9 Å². The van der Waals surface area contributed by atoms with Crippen LogP contribution in [0.15, 0.2) is 42.5 Å². The van der Waals surface area contributed by atoms with Gasteiger partial charge in [-0.2, -0.15) is 0 Å². The first kappa shape index (κ1) is 22.5. The van der Waals surface area contributed by atoms with Gasteiger partial charge in [-0.3, -0.25) is 4.79 Å². The summed E-state index contributed by atoms with van der Waals surface area (Å²) in [5.74, 6) is 1.20. The molecule has 2 N–H and O–H groups in total. The van der Waals surface area contributed by atoms with Gasteiger partial charge in [0.25, 0.3) is 0 Å². The number of anilines is 2. The fourth-order valence-electron chi connectivity index (χ4n) is 3.81. The van der Waals surface area contributed by atoms with Gasteiger partial charge in [0.2, 0.25) is 5.91 Å². The number of rotatable bonds is 6. The number of hydrogen-bond donors (Lipinski definition) is 2. The number of carbonyl (C=O) groups is 2. The van der Waals surface area contributed by atoms with Crippen molar-refractivity contribution in [2.75, 3.05) is 37.9 Å². The monoisotopic (exact) mass is 425 g/mol. The van der Waals surface area contributed by atoms with E-state index >= 15 is 0 Å². The van der Waals surface area contributed by atoms with E-state index in [1.165, 1.54) is 0 Å². The summed E-state index contributed by atoms with van der Waals surface area (Å²) in [5.41, 5.74) is 2.53. The third-order valence-electron chi connectivity index (χ3n) is 5.91. The lowest BCUT2D eigenvalue weighted by Gasteiger charge is -2.34. The van der Waals surface area contributed by atoms with Crippen LogP contribution in [0.1, 0.15) is 25.3 Å². The predicted octanol–water partition coefficient (Wildman–Crippen LogP) is 4.53. The lowest BCUT2D eigenvalue weighted by Crippen LogP contribution is -2.43. The van der Waals surface area contributed by atoms with Crippen molar-refractivity contribution in [1.82, 2.24) is 4.90 Å². The number of benzene rings is 2. The molecule has 1 heterocycles. The van der Waals surface area contributed by atoms with E-state index in [2.05, 4.69) is 10.6 Å². The van der Waals surface area contributed by atoms with Gasteiger partial charge in [-0.1, -0.05) is 24.6 Å². The van der Waals surface area contributed by atoms with Crippen molar-refractivity contribution in [1.29, 1.82) is 0 Å². The van der Waals surface area contributed by atoms with Crippen LogP contribution >= 0.6 is 0 Å². The van der Waals surface area contributed by atoms with Gasteiger partial charge in [0.15, 0.2) is 0 Å². The van der Waals surface area contributed by atoms with Crippen LogP contribution in [-0.4, -0.2) is 44.1 Å². The second kappa shape index (κ2) is 10.2. The number of carbonyl (C=O) groups excluding carboxylic acids is 2. The minimum absolute atomic E-state index is 0.0610. The van der Waals surface area contributed by atoms with Gasteiger partial charge in [-0.25, -0.2) is 4.79 Å². The molecule has 1 atom stereocenters. The Bertz CT molecular complexity index is 906. The molecule has 1 aliphatic heterocycles. The van der Waals surface area contributed by atoms with E-state index in [0.717, 1.165) is 24.1 Å². The number of nitrogens with zero attached hydrogens (tertiary/aromatic N) is 1. The summed E-state index contributed by atoms with van der Waals surface area (Å²) < 4.78 is 10.6. The standard InChI is InChI=1S/C24H31N3O4/c1-16-5-7-19(8-6-16)25-24(29)27-13-11-18(12-14-27)17(2)23(28)26-21-15-20(30-3)9-10-22(21)31-4/h5-10,15,17-18H,11-14H2,1-4H3,(H,25,29)(H,26,28)/t17-/m1/s1. The molecule has 0 saturated carbocycles. The number of methoxy groups -OCH3 is 2. The molecule has 2 aromatic carbocycles. The smallest absolute Gasteiger partial charge is 0.321 e. The second-order valence-corrected chi connectivity index (χ2v) is 7.96. The Kier molecular flexibility index (Phi) is 7.39. The van der Waals surface area contributed by atoms with Crippen LogP contribution in [0.3, 0.4) is 0 Å². The highest BCUT2D eigenvalue weighted by Crippen LogP contribution is 2.31. The van der Waals surface area contributed by atoms with Crippen molar-refractivity contribution >= 4 is 23.3 Å². The van der Waals surface area contributed by atoms with Crippen molar-refractivity contribution in [3.8, 4) is 11.5 Å². The molecular formula is C24H31N3O4. The SMILES string of the molecule is COc1ccc(OC)c(NC(=O)[C@H](C)C2CCN(C(=O)Nc3ccc(C)cc3)CC2)c1. The van der Waals surface area contributed by atoms with Crippen LogP contribution in [0.5, 0.6) is 11.5 Å². The summed E-state index contributed by atoms with van der Waals surface area (Å²) in [4.78, 5) is 27.2. The van der Waals surface area contributed by atoms with Crippen LogP contribution in [0, 0.1) is 18.8 Å².